The Bertz CT molecular complexity index is 258. The molecule has 0 bridgehead atoms. The predicted molar refractivity (Wildman–Crippen MR) is 62.4 cm³/mol. The number of rotatable bonds is 5. The van der Waals surface area contributed by atoms with Crippen molar-refractivity contribution in [1.29, 1.82) is 0 Å². The van der Waals surface area contributed by atoms with Crippen LogP contribution in [0.1, 0.15) is 25.7 Å². The summed E-state index contributed by atoms with van der Waals surface area (Å²) >= 11 is 1.56. The molecule has 0 unspecified atom stereocenters. The lowest BCUT2D eigenvalue weighted by atomic mass is 9.95. The van der Waals surface area contributed by atoms with E-state index in [9.17, 15) is 0 Å². The van der Waals surface area contributed by atoms with Crippen molar-refractivity contribution in [3.63, 3.8) is 0 Å². The van der Waals surface area contributed by atoms with Gasteiger partial charge in [0.1, 0.15) is 0 Å². The van der Waals surface area contributed by atoms with Gasteiger partial charge < -0.3 is 10.1 Å². The summed E-state index contributed by atoms with van der Waals surface area (Å²) in [7, 11) is 0. The lowest BCUT2D eigenvalue weighted by Crippen LogP contribution is -2.29. The van der Waals surface area contributed by atoms with Crippen LogP contribution >= 0.6 is 11.3 Å². The summed E-state index contributed by atoms with van der Waals surface area (Å²) in [5.41, 5.74) is 0. The molecule has 1 aliphatic rings. The Morgan fingerprint density at radius 3 is 3.33 bits per heavy atom. The second-order valence-corrected chi connectivity index (χ2v) is 4.86. The molecule has 1 N–H and O–H groups in total. The van der Waals surface area contributed by atoms with Crippen molar-refractivity contribution in [2.24, 2.45) is 5.92 Å². The highest BCUT2D eigenvalue weighted by Crippen LogP contribution is 2.17. The van der Waals surface area contributed by atoms with Gasteiger partial charge in [-0.1, -0.05) is 11.3 Å². The zero-order valence-electron chi connectivity index (χ0n) is 8.95. The van der Waals surface area contributed by atoms with Crippen molar-refractivity contribution >= 4 is 11.3 Å². The van der Waals surface area contributed by atoms with Crippen molar-refractivity contribution in [3.8, 4) is 5.19 Å². The molecule has 0 amide bonds. The maximum Gasteiger partial charge on any atom is 0.273 e. The molecule has 1 fully saturated rings. The quantitative estimate of drug-likeness (QED) is 0.782. The molecule has 2 heterocycles. The van der Waals surface area contributed by atoms with Crippen molar-refractivity contribution in [2.75, 3.05) is 19.7 Å². The molecule has 1 saturated heterocycles. The average molecular weight is 226 g/mol. The Morgan fingerprint density at radius 1 is 1.60 bits per heavy atom. The zero-order chi connectivity index (χ0) is 10.3. The minimum atomic E-state index is 0.803. The molecule has 0 saturated carbocycles. The summed E-state index contributed by atoms with van der Waals surface area (Å²) in [6, 6.07) is 0. The number of nitrogens with zero attached hydrogens (tertiary/aromatic N) is 1. The molecule has 1 aliphatic heterocycles. The van der Waals surface area contributed by atoms with Gasteiger partial charge in [-0.3, -0.25) is 0 Å². The fraction of sp³-hybridized carbons (Fsp3) is 0.727. The molecular formula is C11H18N2OS. The van der Waals surface area contributed by atoms with Crippen LogP contribution in [0.15, 0.2) is 11.6 Å². The van der Waals surface area contributed by atoms with E-state index in [4.69, 9.17) is 4.74 Å². The van der Waals surface area contributed by atoms with Crippen molar-refractivity contribution in [1.82, 2.24) is 10.3 Å². The minimum absolute atomic E-state index is 0.803. The Morgan fingerprint density at radius 2 is 2.60 bits per heavy atom. The number of thiazole rings is 1. The number of piperidine rings is 1. The van der Waals surface area contributed by atoms with Gasteiger partial charge in [-0.25, -0.2) is 4.98 Å². The summed E-state index contributed by atoms with van der Waals surface area (Å²) in [6.07, 6.45) is 6.91. The van der Waals surface area contributed by atoms with Gasteiger partial charge in [0.2, 0.25) is 0 Å². The summed E-state index contributed by atoms with van der Waals surface area (Å²) in [5.74, 6) is 0.860. The topological polar surface area (TPSA) is 34.1 Å². The van der Waals surface area contributed by atoms with Crippen molar-refractivity contribution < 1.29 is 4.74 Å². The first-order valence-corrected chi connectivity index (χ1v) is 6.56. The van der Waals surface area contributed by atoms with Crippen molar-refractivity contribution in [2.45, 2.75) is 25.7 Å². The standard InChI is InChI=1S/C11H18N2OS/c1-3-10(9-12-5-1)4-2-7-14-11-13-6-8-15-11/h6,8,10,12H,1-5,7,9H2/t10-/m0/s1. The molecule has 1 aromatic rings. The molecule has 0 aromatic carbocycles. The van der Waals surface area contributed by atoms with Gasteiger partial charge in [-0.15, -0.1) is 0 Å². The first-order chi connectivity index (χ1) is 7.45. The van der Waals surface area contributed by atoms with E-state index >= 15 is 0 Å². The van der Waals surface area contributed by atoms with Crippen LogP contribution in [0.2, 0.25) is 0 Å². The number of hydrogen-bond donors (Lipinski definition) is 1. The van der Waals surface area contributed by atoms with E-state index in [2.05, 4.69) is 10.3 Å². The van der Waals surface area contributed by atoms with Gasteiger partial charge >= 0.3 is 0 Å². The Labute approximate surface area is 94.9 Å². The van der Waals surface area contributed by atoms with Gasteiger partial charge in [-0.2, -0.15) is 0 Å². The Balaban J connectivity index is 1.54. The fourth-order valence-corrected chi connectivity index (χ4v) is 2.49. The number of nitrogens with one attached hydrogen (secondary N) is 1. The van der Waals surface area contributed by atoms with Gasteiger partial charge in [0.05, 0.1) is 6.61 Å². The second-order valence-electron chi connectivity index (χ2n) is 4.00. The van der Waals surface area contributed by atoms with Gasteiger partial charge in [0.15, 0.2) is 0 Å². The normalized spacial score (nSPS) is 21.5. The van der Waals surface area contributed by atoms with Crippen LogP contribution in [-0.4, -0.2) is 24.7 Å². The van der Waals surface area contributed by atoms with Crippen LogP contribution in [0.25, 0.3) is 0 Å². The summed E-state index contributed by atoms with van der Waals surface area (Å²) in [5, 5.41) is 6.19. The zero-order valence-corrected chi connectivity index (χ0v) is 9.76. The summed E-state index contributed by atoms with van der Waals surface area (Å²) in [4.78, 5) is 4.08. The Kier molecular flexibility index (Phi) is 4.41. The van der Waals surface area contributed by atoms with E-state index in [0.717, 1.165) is 24.1 Å². The first-order valence-electron chi connectivity index (χ1n) is 5.68. The summed E-state index contributed by atoms with van der Waals surface area (Å²) in [6.45, 7) is 3.20. The predicted octanol–water partition coefficient (Wildman–Crippen LogP) is 2.30. The fourth-order valence-electron chi connectivity index (χ4n) is 1.98. The Hall–Kier alpha value is -0.610. The molecule has 84 valence electrons. The first kappa shape index (κ1) is 10.9. The van der Waals surface area contributed by atoms with Crippen LogP contribution in [0, 0.1) is 5.92 Å². The van der Waals surface area contributed by atoms with E-state index in [1.165, 1.54) is 32.4 Å². The molecule has 4 heteroatoms. The molecule has 0 spiro atoms. The van der Waals surface area contributed by atoms with Gasteiger partial charge in [-0.05, 0) is 44.7 Å². The number of aromatic nitrogens is 1. The van der Waals surface area contributed by atoms with E-state index < -0.39 is 0 Å². The lowest BCUT2D eigenvalue weighted by molar-refractivity contribution is 0.274. The highest BCUT2D eigenvalue weighted by atomic mass is 32.1. The van der Waals surface area contributed by atoms with E-state index in [0.29, 0.717) is 0 Å². The molecule has 1 atom stereocenters. The summed E-state index contributed by atoms with van der Waals surface area (Å²) < 4.78 is 5.52. The number of ether oxygens (including phenoxy) is 1. The monoisotopic (exact) mass is 226 g/mol. The van der Waals surface area contributed by atoms with Crippen LogP contribution in [0.3, 0.4) is 0 Å². The number of hydrogen-bond acceptors (Lipinski definition) is 4. The molecule has 1 aromatic heterocycles. The third-order valence-electron chi connectivity index (χ3n) is 2.79. The molecule has 3 nitrogen and oxygen atoms in total. The highest BCUT2D eigenvalue weighted by Gasteiger charge is 2.12. The lowest BCUT2D eigenvalue weighted by Gasteiger charge is -2.22. The third-order valence-corrected chi connectivity index (χ3v) is 3.47. The smallest absolute Gasteiger partial charge is 0.273 e. The largest absolute Gasteiger partial charge is 0.470 e. The minimum Gasteiger partial charge on any atom is -0.470 e. The maximum absolute atomic E-state index is 5.52. The van der Waals surface area contributed by atoms with Crippen LogP contribution in [0.4, 0.5) is 0 Å². The van der Waals surface area contributed by atoms with Crippen molar-refractivity contribution in [3.05, 3.63) is 11.6 Å². The van der Waals surface area contributed by atoms with E-state index in [-0.39, 0.29) is 0 Å². The molecule has 0 aliphatic carbocycles. The second kappa shape index (κ2) is 6.08. The average Bonchev–Trinajstić information content (AvgIpc) is 2.79. The molecule has 0 radical (unpaired) electrons. The molecule has 15 heavy (non-hydrogen) atoms. The van der Waals surface area contributed by atoms with E-state index in [1.807, 2.05) is 5.38 Å². The highest BCUT2D eigenvalue weighted by molar-refractivity contribution is 7.11. The van der Waals surface area contributed by atoms with Crippen LogP contribution < -0.4 is 10.1 Å². The van der Waals surface area contributed by atoms with E-state index in [1.54, 1.807) is 17.5 Å². The van der Waals surface area contributed by atoms with Crippen LogP contribution in [0.5, 0.6) is 5.19 Å². The molecule has 2 rings (SSSR count). The maximum atomic E-state index is 5.52. The third kappa shape index (κ3) is 3.80. The van der Waals surface area contributed by atoms with Crippen LogP contribution in [-0.2, 0) is 0 Å². The molecular weight excluding hydrogens is 208 g/mol. The SMILES string of the molecule is c1csc(OCCC[C@@H]2CCCNC2)n1. The van der Waals surface area contributed by atoms with Gasteiger partial charge in [0, 0.05) is 11.6 Å². The van der Waals surface area contributed by atoms with Gasteiger partial charge in [0.25, 0.3) is 5.19 Å².